The number of rotatable bonds is 2. The lowest BCUT2D eigenvalue weighted by Crippen LogP contribution is -2.13. The molecule has 1 N–H and O–H groups in total. The van der Waals surface area contributed by atoms with Gasteiger partial charge in [0.05, 0.1) is 12.8 Å². The van der Waals surface area contributed by atoms with Crippen molar-refractivity contribution in [2.75, 3.05) is 0 Å². The highest BCUT2D eigenvalue weighted by Crippen LogP contribution is 2.29. The molecule has 0 unspecified atom stereocenters. The van der Waals surface area contributed by atoms with Crippen LogP contribution in [0.25, 0.3) is 0 Å². The fraction of sp³-hybridized carbons (Fsp3) is 0.400. The normalized spacial score (nSPS) is 12.8. The number of benzene rings is 1. The Labute approximate surface area is 92.7 Å². The first-order valence-electron chi connectivity index (χ1n) is 4.51. The van der Waals surface area contributed by atoms with Crippen molar-refractivity contribution in [2.45, 2.75) is 25.2 Å². The zero-order valence-electron chi connectivity index (χ0n) is 8.36. The Morgan fingerprint density at radius 2 is 1.41 bits per heavy atom. The number of halogens is 6. The molecule has 0 aliphatic heterocycles. The molecule has 0 radical (unpaired) electrons. The predicted molar refractivity (Wildman–Crippen MR) is 47.6 cm³/mol. The van der Waals surface area contributed by atoms with Crippen LogP contribution in [0.4, 0.5) is 26.3 Å². The summed E-state index contributed by atoms with van der Waals surface area (Å²) >= 11 is 0. The molecule has 0 fully saturated rings. The van der Waals surface area contributed by atoms with E-state index in [0.717, 1.165) is 12.1 Å². The molecule has 96 valence electrons. The van der Waals surface area contributed by atoms with Crippen molar-refractivity contribution in [3.8, 4) is 5.75 Å². The largest absolute Gasteiger partial charge is 0.508 e. The highest BCUT2D eigenvalue weighted by molar-refractivity contribution is 5.37. The van der Waals surface area contributed by atoms with E-state index in [2.05, 4.69) is 0 Å². The van der Waals surface area contributed by atoms with Crippen molar-refractivity contribution >= 4 is 0 Å². The molecule has 1 aromatic rings. The highest BCUT2D eigenvalue weighted by atomic mass is 19.4. The number of phenols is 1. The average molecular weight is 258 g/mol. The van der Waals surface area contributed by atoms with Crippen LogP contribution in [0.3, 0.4) is 0 Å². The minimum atomic E-state index is -4.51. The van der Waals surface area contributed by atoms with Gasteiger partial charge in [0.15, 0.2) is 0 Å². The Hall–Kier alpha value is -1.40. The van der Waals surface area contributed by atoms with Gasteiger partial charge in [-0.3, -0.25) is 0 Å². The van der Waals surface area contributed by atoms with Crippen LogP contribution in [0.15, 0.2) is 18.2 Å². The Bertz CT molecular complexity index is 393. The average Bonchev–Trinajstić information content (AvgIpc) is 2.05. The molecule has 0 saturated carbocycles. The molecule has 0 spiro atoms. The molecule has 0 bridgehead atoms. The lowest BCUT2D eigenvalue weighted by atomic mass is 10.1. The number of hydrogen-bond acceptors (Lipinski definition) is 1. The van der Waals surface area contributed by atoms with E-state index in [-0.39, 0.29) is 5.56 Å². The molecule has 1 aromatic carbocycles. The molecule has 0 aliphatic rings. The van der Waals surface area contributed by atoms with Crippen LogP contribution in [0, 0.1) is 0 Å². The van der Waals surface area contributed by atoms with Gasteiger partial charge >= 0.3 is 12.4 Å². The summed E-state index contributed by atoms with van der Waals surface area (Å²) in [5.41, 5.74) is -0.718. The molecule has 1 nitrogen and oxygen atoms in total. The fourth-order valence-corrected chi connectivity index (χ4v) is 1.32. The van der Waals surface area contributed by atoms with E-state index in [4.69, 9.17) is 0 Å². The summed E-state index contributed by atoms with van der Waals surface area (Å²) < 4.78 is 72.0. The van der Waals surface area contributed by atoms with Crippen LogP contribution >= 0.6 is 0 Å². The zero-order chi connectivity index (χ0) is 13.3. The third-order valence-corrected chi connectivity index (χ3v) is 1.95. The lowest BCUT2D eigenvalue weighted by molar-refractivity contribution is -0.128. The molecule has 17 heavy (non-hydrogen) atoms. The third-order valence-electron chi connectivity index (χ3n) is 1.95. The molecule has 1 rings (SSSR count). The highest BCUT2D eigenvalue weighted by Gasteiger charge is 2.30. The molecule has 0 aromatic heterocycles. The van der Waals surface area contributed by atoms with Crippen molar-refractivity contribution in [3.63, 3.8) is 0 Å². The van der Waals surface area contributed by atoms with Gasteiger partial charge in [-0.1, -0.05) is 12.1 Å². The summed E-state index contributed by atoms with van der Waals surface area (Å²) in [6.07, 6.45) is -11.6. The van der Waals surface area contributed by atoms with Crippen molar-refractivity contribution in [2.24, 2.45) is 0 Å². The third kappa shape index (κ3) is 4.97. The summed E-state index contributed by atoms with van der Waals surface area (Å²) in [5.74, 6) is -0.774. The van der Waals surface area contributed by atoms with Crippen LogP contribution in [-0.2, 0) is 12.8 Å². The molecule has 0 amide bonds. The van der Waals surface area contributed by atoms with Gasteiger partial charge < -0.3 is 5.11 Å². The standard InChI is InChI=1S/C10H8F6O/c11-9(12,13)4-6-1-2-7(8(17)3-6)5-10(14,15)16/h1-3,17H,4-5H2. The Kier molecular flexibility index (Phi) is 3.59. The van der Waals surface area contributed by atoms with Crippen molar-refractivity contribution < 1.29 is 31.4 Å². The first-order valence-corrected chi connectivity index (χ1v) is 4.51. The maximum Gasteiger partial charge on any atom is 0.393 e. The minimum absolute atomic E-state index is 0.277. The van der Waals surface area contributed by atoms with E-state index in [9.17, 15) is 31.4 Å². The van der Waals surface area contributed by atoms with Gasteiger partial charge in [-0.2, -0.15) is 26.3 Å². The van der Waals surface area contributed by atoms with E-state index in [0.29, 0.717) is 6.07 Å². The smallest absolute Gasteiger partial charge is 0.393 e. The van der Waals surface area contributed by atoms with E-state index >= 15 is 0 Å². The van der Waals surface area contributed by atoms with Crippen LogP contribution < -0.4 is 0 Å². The van der Waals surface area contributed by atoms with Gasteiger partial charge in [-0.05, 0) is 11.6 Å². The van der Waals surface area contributed by atoms with Crippen LogP contribution in [0.2, 0.25) is 0 Å². The van der Waals surface area contributed by atoms with Gasteiger partial charge in [0.2, 0.25) is 0 Å². The topological polar surface area (TPSA) is 20.2 Å². The van der Waals surface area contributed by atoms with E-state index in [1.807, 2.05) is 0 Å². The number of phenolic OH excluding ortho intramolecular Hbond substituents is 1. The van der Waals surface area contributed by atoms with E-state index in [1.165, 1.54) is 0 Å². The molecule has 0 atom stereocenters. The molecule has 0 heterocycles. The molecular weight excluding hydrogens is 250 g/mol. The maximum absolute atomic E-state index is 12.0. The summed E-state index contributed by atoms with van der Waals surface area (Å²) in [7, 11) is 0. The van der Waals surface area contributed by atoms with Gasteiger partial charge in [-0.25, -0.2) is 0 Å². The number of hydrogen-bond donors (Lipinski definition) is 1. The summed E-state index contributed by atoms with van der Waals surface area (Å²) in [6.45, 7) is 0. The molecular formula is C10H8F6O. The SMILES string of the molecule is Oc1cc(CC(F)(F)F)ccc1CC(F)(F)F. The van der Waals surface area contributed by atoms with Crippen molar-refractivity contribution in [3.05, 3.63) is 29.3 Å². The van der Waals surface area contributed by atoms with E-state index < -0.39 is 36.5 Å². The van der Waals surface area contributed by atoms with Gasteiger partial charge in [0, 0.05) is 5.56 Å². The van der Waals surface area contributed by atoms with Gasteiger partial charge in [0.1, 0.15) is 5.75 Å². The number of aromatic hydroxyl groups is 1. The first kappa shape index (κ1) is 13.7. The lowest BCUT2D eigenvalue weighted by Gasteiger charge is -2.11. The second-order valence-corrected chi connectivity index (χ2v) is 3.55. The predicted octanol–water partition coefficient (Wildman–Crippen LogP) is 3.60. The Balaban J connectivity index is 2.87. The second-order valence-electron chi connectivity index (χ2n) is 3.55. The zero-order valence-corrected chi connectivity index (χ0v) is 8.36. The maximum atomic E-state index is 12.0. The monoisotopic (exact) mass is 258 g/mol. The first-order chi connectivity index (χ1) is 7.57. The molecule has 0 aliphatic carbocycles. The Morgan fingerprint density at radius 1 is 0.882 bits per heavy atom. The van der Waals surface area contributed by atoms with Gasteiger partial charge in [0.25, 0.3) is 0 Å². The van der Waals surface area contributed by atoms with Crippen molar-refractivity contribution in [1.29, 1.82) is 0 Å². The van der Waals surface area contributed by atoms with Crippen LogP contribution in [-0.4, -0.2) is 17.5 Å². The van der Waals surface area contributed by atoms with Gasteiger partial charge in [-0.15, -0.1) is 0 Å². The van der Waals surface area contributed by atoms with E-state index in [1.54, 1.807) is 0 Å². The summed E-state index contributed by atoms with van der Waals surface area (Å²) in [4.78, 5) is 0. The Morgan fingerprint density at radius 3 is 1.82 bits per heavy atom. The quantitative estimate of drug-likeness (QED) is 0.803. The number of alkyl halides is 6. The second kappa shape index (κ2) is 4.46. The van der Waals surface area contributed by atoms with Crippen LogP contribution in [0.5, 0.6) is 5.75 Å². The molecule has 0 saturated heterocycles. The van der Waals surface area contributed by atoms with Crippen molar-refractivity contribution in [1.82, 2.24) is 0 Å². The fourth-order valence-electron chi connectivity index (χ4n) is 1.32. The minimum Gasteiger partial charge on any atom is -0.508 e. The van der Waals surface area contributed by atoms with Crippen LogP contribution in [0.1, 0.15) is 11.1 Å². The molecule has 7 heteroatoms. The summed E-state index contributed by atoms with van der Waals surface area (Å²) in [6, 6.07) is 2.48. The summed E-state index contributed by atoms with van der Waals surface area (Å²) in [5, 5.41) is 9.18.